The van der Waals surface area contributed by atoms with E-state index in [1.54, 1.807) is 20.8 Å². The molecular formula is C14H20N2O6. The third-order valence-corrected chi connectivity index (χ3v) is 2.56. The largest absolute Gasteiger partial charge is 0.481 e. The molecule has 0 spiro atoms. The second kappa shape index (κ2) is 7.08. The van der Waals surface area contributed by atoms with E-state index in [4.69, 9.17) is 9.47 Å². The average molecular weight is 312 g/mol. The van der Waals surface area contributed by atoms with Crippen LogP contribution in [0.3, 0.4) is 0 Å². The number of amides is 1. The molecule has 3 N–H and O–H groups in total. The zero-order chi connectivity index (χ0) is 16.9. The van der Waals surface area contributed by atoms with Crippen molar-refractivity contribution in [2.24, 2.45) is 0 Å². The summed E-state index contributed by atoms with van der Waals surface area (Å²) in [6.07, 6.45) is -1.14. The van der Waals surface area contributed by atoms with Gasteiger partial charge in [0.15, 0.2) is 6.04 Å². The molecule has 1 heterocycles. The van der Waals surface area contributed by atoms with E-state index in [2.05, 4.69) is 10.3 Å². The van der Waals surface area contributed by atoms with Crippen molar-refractivity contribution in [1.29, 1.82) is 0 Å². The van der Waals surface area contributed by atoms with Crippen molar-refractivity contribution in [3.05, 3.63) is 23.9 Å². The van der Waals surface area contributed by atoms with Gasteiger partial charge < -0.3 is 25.0 Å². The van der Waals surface area contributed by atoms with E-state index in [1.165, 1.54) is 25.4 Å². The Kier molecular flexibility index (Phi) is 5.69. The smallest absolute Gasteiger partial charge is 0.408 e. The topological polar surface area (TPSA) is 118 Å². The van der Waals surface area contributed by atoms with Crippen LogP contribution in [-0.2, 0) is 9.53 Å². The van der Waals surface area contributed by atoms with Crippen molar-refractivity contribution in [3.8, 4) is 5.88 Å². The first-order valence-corrected chi connectivity index (χ1v) is 6.54. The highest BCUT2D eigenvalue weighted by molar-refractivity contribution is 5.80. The average Bonchev–Trinajstić information content (AvgIpc) is 2.42. The number of carbonyl (C=O) groups is 2. The van der Waals surface area contributed by atoms with E-state index in [0.717, 1.165) is 0 Å². The molecule has 0 aliphatic heterocycles. The Balaban J connectivity index is 2.85. The lowest BCUT2D eigenvalue weighted by molar-refractivity contribution is -0.142. The molecule has 0 bridgehead atoms. The molecule has 1 rings (SSSR count). The van der Waals surface area contributed by atoms with Crippen molar-refractivity contribution >= 4 is 12.1 Å². The fraction of sp³-hybridized carbons (Fsp3) is 0.500. The lowest BCUT2D eigenvalue weighted by atomic mass is 10.0. The highest BCUT2D eigenvalue weighted by atomic mass is 16.6. The SMILES string of the molecule is COc1ccc([C@H](O)[C@H](NC(=O)OC(C)(C)C)C(=O)O)cn1. The van der Waals surface area contributed by atoms with Crippen LogP contribution in [0.5, 0.6) is 5.88 Å². The number of pyridine rings is 1. The molecule has 2 atom stereocenters. The molecule has 8 heteroatoms. The molecule has 0 unspecified atom stereocenters. The van der Waals surface area contributed by atoms with Crippen LogP contribution >= 0.6 is 0 Å². The summed E-state index contributed by atoms with van der Waals surface area (Å²) in [7, 11) is 1.43. The number of rotatable bonds is 5. The molecular weight excluding hydrogens is 292 g/mol. The molecule has 1 aromatic rings. The van der Waals surface area contributed by atoms with Gasteiger partial charge in [0, 0.05) is 17.8 Å². The number of nitrogens with one attached hydrogen (secondary N) is 1. The third-order valence-electron chi connectivity index (χ3n) is 2.56. The van der Waals surface area contributed by atoms with E-state index in [0.29, 0.717) is 5.88 Å². The highest BCUT2D eigenvalue weighted by Gasteiger charge is 2.31. The van der Waals surface area contributed by atoms with Gasteiger partial charge in [-0.2, -0.15) is 0 Å². The van der Waals surface area contributed by atoms with Crippen LogP contribution in [0.2, 0.25) is 0 Å². The number of hydrogen-bond acceptors (Lipinski definition) is 6. The van der Waals surface area contributed by atoms with Crippen LogP contribution in [0.25, 0.3) is 0 Å². The summed E-state index contributed by atoms with van der Waals surface area (Å²) in [6.45, 7) is 4.94. The first kappa shape index (κ1) is 17.7. The molecule has 0 radical (unpaired) electrons. The number of hydrogen-bond donors (Lipinski definition) is 3. The Morgan fingerprint density at radius 3 is 2.36 bits per heavy atom. The maximum Gasteiger partial charge on any atom is 0.408 e. The standard InChI is InChI=1S/C14H20N2O6/c1-14(2,3)22-13(20)16-10(12(18)19)11(17)8-5-6-9(21-4)15-7-8/h5-7,10-11,17H,1-4H3,(H,16,20)(H,18,19)/t10-,11-/m0/s1. The van der Waals surface area contributed by atoms with Gasteiger partial charge >= 0.3 is 12.1 Å². The number of ether oxygens (including phenoxy) is 2. The minimum atomic E-state index is -1.56. The number of alkyl carbamates (subject to hydrolysis) is 1. The van der Waals surface area contributed by atoms with Crippen LogP contribution in [0.1, 0.15) is 32.4 Å². The minimum Gasteiger partial charge on any atom is -0.481 e. The summed E-state index contributed by atoms with van der Waals surface area (Å²) in [5.41, 5.74) is -0.552. The Labute approximate surface area is 128 Å². The summed E-state index contributed by atoms with van der Waals surface area (Å²) in [6, 6.07) is 1.37. The summed E-state index contributed by atoms with van der Waals surface area (Å²) < 4.78 is 9.86. The van der Waals surface area contributed by atoms with E-state index in [9.17, 15) is 19.8 Å². The first-order chi connectivity index (χ1) is 10.1. The van der Waals surface area contributed by atoms with Crippen molar-refractivity contribution in [2.45, 2.75) is 38.5 Å². The van der Waals surface area contributed by atoms with Gasteiger partial charge in [-0.1, -0.05) is 0 Å². The summed E-state index contributed by atoms with van der Waals surface area (Å²) in [5.74, 6) is -1.07. The molecule has 22 heavy (non-hydrogen) atoms. The predicted octanol–water partition coefficient (Wildman–Crippen LogP) is 1.10. The minimum absolute atomic E-state index is 0.226. The van der Waals surface area contributed by atoms with Gasteiger partial charge in [-0.25, -0.2) is 14.6 Å². The second-order valence-corrected chi connectivity index (χ2v) is 5.54. The van der Waals surface area contributed by atoms with Crippen molar-refractivity contribution in [3.63, 3.8) is 0 Å². The number of carboxylic acid groups (broad SMARTS) is 1. The number of aliphatic hydroxyl groups is 1. The van der Waals surface area contributed by atoms with Gasteiger partial charge in [-0.3, -0.25) is 0 Å². The van der Waals surface area contributed by atoms with Crippen LogP contribution in [0.4, 0.5) is 4.79 Å². The quantitative estimate of drug-likeness (QED) is 0.745. The Bertz CT molecular complexity index is 523. The van der Waals surface area contributed by atoms with Gasteiger partial charge in [0.1, 0.15) is 11.7 Å². The molecule has 0 aromatic carbocycles. The second-order valence-electron chi connectivity index (χ2n) is 5.54. The van der Waals surface area contributed by atoms with Crippen molar-refractivity contribution in [2.75, 3.05) is 7.11 Å². The summed E-state index contributed by atoms with van der Waals surface area (Å²) in [4.78, 5) is 26.8. The molecule has 1 aromatic heterocycles. The first-order valence-electron chi connectivity index (χ1n) is 6.54. The Hall–Kier alpha value is -2.35. The fourth-order valence-corrected chi connectivity index (χ4v) is 1.59. The van der Waals surface area contributed by atoms with Gasteiger partial charge in [0.2, 0.25) is 5.88 Å². The third kappa shape index (κ3) is 5.21. The Morgan fingerprint density at radius 1 is 1.32 bits per heavy atom. The van der Waals surface area contributed by atoms with Crippen LogP contribution in [-0.4, -0.2) is 46.0 Å². The molecule has 8 nitrogen and oxygen atoms in total. The predicted molar refractivity (Wildman–Crippen MR) is 76.5 cm³/mol. The van der Waals surface area contributed by atoms with E-state index >= 15 is 0 Å². The Morgan fingerprint density at radius 2 is 1.95 bits per heavy atom. The summed E-state index contributed by atoms with van der Waals surface area (Å²) >= 11 is 0. The number of carboxylic acids is 1. The number of methoxy groups -OCH3 is 1. The monoisotopic (exact) mass is 312 g/mol. The number of aliphatic carboxylic acids is 1. The molecule has 0 saturated heterocycles. The van der Waals surface area contributed by atoms with Crippen LogP contribution < -0.4 is 10.1 Å². The van der Waals surface area contributed by atoms with Crippen molar-refractivity contribution < 1.29 is 29.3 Å². The van der Waals surface area contributed by atoms with Gasteiger partial charge in [-0.05, 0) is 26.8 Å². The van der Waals surface area contributed by atoms with Crippen LogP contribution in [0, 0.1) is 0 Å². The molecule has 0 fully saturated rings. The van der Waals surface area contributed by atoms with Gasteiger partial charge in [0.25, 0.3) is 0 Å². The number of aromatic nitrogens is 1. The fourth-order valence-electron chi connectivity index (χ4n) is 1.59. The van der Waals surface area contributed by atoms with Gasteiger partial charge in [-0.15, -0.1) is 0 Å². The molecule has 0 saturated carbocycles. The molecule has 1 amide bonds. The lowest BCUT2D eigenvalue weighted by Crippen LogP contribution is -2.46. The maximum absolute atomic E-state index is 11.7. The zero-order valence-corrected chi connectivity index (χ0v) is 12.9. The molecule has 0 aliphatic carbocycles. The zero-order valence-electron chi connectivity index (χ0n) is 12.9. The number of aliphatic hydroxyl groups excluding tert-OH is 1. The summed E-state index contributed by atoms with van der Waals surface area (Å²) in [5, 5.41) is 21.4. The van der Waals surface area contributed by atoms with E-state index < -0.39 is 29.8 Å². The van der Waals surface area contributed by atoms with Crippen LogP contribution in [0.15, 0.2) is 18.3 Å². The van der Waals surface area contributed by atoms with Gasteiger partial charge in [0.05, 0.1) is 7.11 Å². The highest BCUT2D eigenvalue weighted by Crippen LogP contribution is 2.19. The van der Waals surface area contributed by atoms with E-state index in [-0.39, 0.29) is 5.56 Å². The molecule has 122 valence electrons. The maximum atomic E-state index is 11.7. The molecule has 0 aliphatic rings. The lowest BCUT2D eigenvalue weighted by Gasteiger charge is -2.24. The number of nitrogens with zero attached hydrogens (tertiary/aromatic N) is 1. The van der Waals surface area contributed by atoms with E-state index in [1.807, 2.05) is 0 Å². The normalized spacial score (nSPS) is 13.9. The number of carbonyl (C=O) groups excluding carboxylic acids is 1. The van der Waals surface area contributed by atoms with Crippen molar-refractivity contribution in [1.82, 2.24) is 10.3 Å².